The quantitative estimate of drug-likeness (QED) is 0.332. The molecule has 1 atom stereocenters. The van der Waals surface area contributed by atoms with Crippen molar-refractivity contribution in [1.82, 2.24) is 4.90 Å². The van der Waals surface area contributed by atoms with Crippen LogP contribution in [0.3, 0.4) is 0 Å². The molecular formula is C25H22ClNO6. The van der Waals surface area contributed by atoms with Crippen LogP contribution in [0.2, 0.25) is 5.02 Å². The molecule has 1 saturated heterocycles. The van der Waals surface area contributed by atoms with E-state index in [1.54, 1.807) is 41.3 Å². The SMILES string of the molecule is O=CC(C(=O)N1CCC(CC(=O)O)CC1)c1ccc2c(-c3ccccc3Cl)cc(=O)oc2c1. The minimum absolute atomic E-state index is 0.0272. The van der Waals surface area contributed by atoms with E-state index in [-0.39, 0.29) is 23.8 Å². The van der Waals surface area contributed by atoms with Gasteiger partial charge in [-0.3, -0.25) is 9.59 Å². The third-order valence-corrected chi connectivity index (χ3v) is 6.41. The topological polar surface area (TPSA) is 105 Å². The predicted octanol–water partition coefficient (Wildman–Crippen LogP) is 4.11. The number of rotatable bonds is 6. The minimum Gasteiger partial charge on any atom is -0.481 e. The van der Waals surface area contributed by atoms with Crippen molar-refractivity contribution in [2.24, 2.45) is 5.92 Å². The lowest BCUT2D eigenvalue weighted by atomic mass is 9.91. The van der Waals surface area contributed by atoms with E-state index in [2.05, 4.69) is 0 Å². The Morgan fingerprint density at radius 2 is 1.85 bits per heavy atom. The zero-order valence-corrected chi connectivity index (χ0v) is 18.5. The predicted molar refractivity (Wildman–Crippen MR) is 123 cm³/mol. The first-order valence-corrected chi connectivity index (χ1v) is 11.0. The van der Waals surface area contributed by atoms with Gasteiger partial charge in [0, 0.05) is 47.1 Å². The molecule has 33 heavy (non-hydrogen) atoms. The minimum atomic E-state index is -1.04. The van der Waals surface area contributed by atoms with E-state index in [0.29, 0.717) is 59.3 Å². The highest BCUT2D eigenvalue weighted by Crippen LogP contribution is 2.34. The lowest BCUT2D eigenvalue weighted by molar-refractivity contribution is -0.139. The molecule has 1 N–H and O–H groups in total. The molecule has 0 saturated carbocycles. The number of hydrogen-bond donors (Lipinski definition) is 1. The van der Waals surface area contributed by atoms with Crippen molar-refractivity contribution in [2.75, 3.05) is 13.1 Å². The molecule has 2 heterocycles. The van der Waals surface area contributed by atoms with Gasteiger partial charge in [0.15, 0.2) is 0 Å². The second kappa shape index (κ2) is 9.58. The van der Waals surface area contributed by atoms with Gasteiger partial charge in [-0.05, 0) is 36.5 Å². The van der Waals surface area contributed by atoms with Crippen molar-refractivity contribution in [3.8, 4) is 11.1 Å². The maximum absolute atomic E-state index is 13.1. The van der Waals surface area contributed by atoms with Gasteiger partial charge >= 0.3 is 11.6 Å². The van der Waals surface area contributed by atoms with Crippen molar-refractivity contribution < 1.29 is 23.9 Å². The van der Waals surface area contributed by atoms with Crippen LogP contribution in [0.4, 0.5) is 0 Å². The molecule has 0 aliphatic carbocycles. The fourth-order valence-electron chi connectivity index (χ4n) is 4.36. The molecule has 4 rings (SSSR count). The summed E-state index contributed by atoms with van der Waals surface area (Å²) in [7, 11) is 0. The average Bonchev–Trinajstić information content (AvgIpc) is 2.79. The Balaban J connectivity index is 1.63. The van der Waals surface area contributed by atoms with Crippen LogP contribution in [0.15, 0.2) is 57.7 Å². The van der Waals surface area contributed by atoms with Crippen LogP contribution in [-0.4, -0.2) is 41.3 Å². The summed E-state index contributed by atoms with van der Waals surface area (Å²) in [5.41, 5.74) is 1.40. The molecule has 1 aliphatic heterocycles. The molecule has 170 valence electrons. The number of aliphatic carboxylic acids is 1. The number of carbonyl (C=O) groups is 3. The van der Waals surface area contributed by atoms with Gasteiger partial charge in [0.1, 0.15) is 17.8 Å². The standard InChI is InChI=1S/C25H22ClNO6/c26-21-4-2-1-3-17(21)19-13-24(31)33-22-12-16(5-6-18(19)22)20(14-28)25(32)27-9-7-15(8-10-27)11-23(29)30/h1-6,12-15,20H,7-11H2,(H,29,30). The summed E-state index contributed by atoms with van der Waals surface area (Å²) >= 11 is 6.32. The van der Waals surface area contributed by atoms with Crippen LogP contribution < -0.4 is 5.63 Å². The number of carboxylic acid groups (broad SMARTS) is 1. The number of carboxylic acids is 1. The number of halogens is 1. The molecule has 1 fully saturated rings. The van der Waals surface area contributed by atoms with E-state index in [9.17, 15) is 19.2 Å². The van der Waals surface area contributed by atoms with Gasteiger partial charge in [0.25, 0.3) is 0 Å². The maximum atomic E-state index is 13.1. The Hall–Kier alpha value is -3.45. The molecule has 1 aliphatic rings. The summed E-state index contributed by atoms with van der Waals surface area (Å²) in [4.78, 5) is 49.7. The molecular weight excluding hydrogens is 446 g/mol. The molecule has 1 amide bonds. The van der Waals surface area contributed by atoms with Gasteiger partial charge < -0.3 is 19.2 Å². The number of fused-ring (bicyclic) bond motifs is 1. The second-order valence-corrected chi connectivity index (χ2v) is 8.60. The number of benzene rings is 2. The summed E-state index contributed by atoms with van der Waals surface area (Å²) in [6, 6.07) is 13.5. The summed E-state index contributed by atoms with van der Waals surface area (Å²) in [6.07, 6.45) is 1.83. The Morgan fingerprint density at radius 3 is 2.52 bits per heavy atom. The number of amides is 1. The molecule has 0 radical (unpaired) electrons. The van der Waals surface area contributed by atoms with E-state index in [1.807, 2.05) is 6.07 Å². The highest BCUT2D eigenvalue weighted by Gasteiger charge is 2.30. The van der Waals surface area contributed by atoms with E-state index in [4.69, 9.17) is 21.1 Å². The molecule has 7 nitrogen and oxygen atoms in total. The number of piperidine rings is 1. The highest BCUT2D eigenvalue weighted by molar-refractivity contribution is 6.33. The van der Waals surface area contributed by atoms with Crippen LogP contribution >= 0.6 is 11.6 Å². The lowest BCUT2D eigenvalue weighted by Gasteiger charge is -2.32. The highest BCUT2D eigenvalue weighted by atomic mass is 35.5. The van der Waals surface area contributed by atoms with Crippen molar-refractivity contribution in [3.05, 3.63) is 69.5 Å². The van der Waals surface area contributed by atoms with Gasteiger partial charge in [-0.2, -0.15) is 0 Å². The third-order valence-electron chi connectivity index (χ3n) is 6.08. The van der Waals surface area contributed by atoms with Gasteiger partial charge in [0.05, 0.1) is 0 Å². The number of carbonyl (C=O) groups excluding carboxylic acids is 2. The molecule has 8 heteroatoms. The normalized spacial score (nSPS) is 15.4. The average molecular weight is 468 g/mol. The van der Waals surface area contributed by atoms with E-state index in [1.165, 1.54) is 6.07 Å². The van der Waals surface area contributed by atoms with Gasteiger partial charge in [-0.25, -0.2) is 4.79 Å². The number of aldehydes is 1. The Labute approximate surface area is 194 Å². The smallest absolute Gasteiger partial charge is 0.336 e. The van der Waals surface area contributed by atoms with Gasteiger partial charge in [-0.1, -0.05) is 41.9 Å². The van der Waals surface area contributed by atoms with Crippen molar-refractivity contribution in [2.45, 2.75) is 25.2 Å². The second-order valence-electron chi connectivity index (χ2n) is 8.19. The monoisotopic (exact) mass is 467 g/mol. The molecule has 3 aromatic rings. The maximum Gasteiger partial charge on any atom is 0.336 e. The largest absolute Gasteiger partial charge is 0.481 e. The fraction of sp³-hybridized carbons (Fsp3) is 0.280. The van der Waals surface area contributed by atoms with E-state index < -0.39 is 17.5 Å². The summed E-state index contributed by atoms with van der Waals surface area (Å²) < 4.78 is 5.38. The Morgan fingerprint density at radius 1 is 1.12 bits per heavy atom. The van der Waals surface area contributed by atoms with Gasteiger partial charge in [0.2, 0.25) is 5.91 Å². The lowest BCUT2D eigenvalue weighted by Crippen LogP contribution is -2.41. The first-order chi connectivity index (χ1) is 15.9. The molecule has 0 bridgehead atoms. The number of nitrogens with zero attached hydrogens (tertiary/aromatic N) is 1. The van der Waals surface area contributed by atoms with Crippen LogP contribution in [-0.2, 0) is 14.4 Å². The molecule has 0 spiro atoms. The van der Waals surface area contributed by atoms with E-state index in [0.717, 1.165) is 0 Å². The molecule has 2 aromatic carbocycles. The first kappa shape index (κ1) is 22.7. The molecule has 1 unspecified atom stereocenters. The van der Waals surface area contributed by atoms with Crippen LogP contribution in [0.25, 0.3) is 22.1 Å². The molecule has 1 aromatic heterocycles. The summed E-state index contributed by atoms with van der Waals surface area (Å²) in [6.45, 7) is 0.806. The van der Waals surface area contributed by atoms with Gasteiger partial charge in [-0.15, -0.1) is 0 Å². The fourth-order valence-corrected chi connectivity index (χ4v) is 4.59. The Bertz CT molecular complexity index is 1280. The zero-order chi connectivity index (χ0) is 23.5. The summed E-state index contributed by atoms with van der Waals surface area (Å²) in [5.74, 6) is -2.21. The van der Waals surface area contributed by atoms with Crippen molar-refractivity contribution in [1.29, 1.82) is 0 Å². The van der Waals surface area contributed by atoms with Crippen LogP contribution in [0.1, 0.15) is 30.7 Å². The van der Waals surface area contributed by atoms with Crippen molar-refractivity contribution in [3.63, 3.8) is 0 Å². The number of likely N-dealkylation sites (tertiary alicyclic amines) is 1. The van der Waals surface area contributed by atoms with Crippen LogP contribution in [0, 0.1) is 5.92 Å². The first-order valence-electron chi connectivity index (χ1n) is 10.7. The van der Waals surface area contributed by atoms with Crippen LogP contribution in [0.5, 0.6) is 0 Å². The van der Waals surface area contributed by atoms with Crippen molar-refractivity contribution >= 4 is 40.7 Å². The number of hydrogen-bond acceptors (Lipinski definition) is 5. The summed E-state index contributed by atoms with van der Waals surface area (Å²) in [5, 5.41) is 10.1. The Kier molecular flexibility index (Phi) is 6.60. The zero-order valence-electron chi connectivity index (χ0n) is 17.7. The third kappa shape index (κ3) is 4.83. The van der Waals surface area contributed by atoms with E-state index >= 15 is 0 Å².